The smallest absolute Gasteiger partial charge is 0.411 e. The molecule has 2 heterocycles. The van der Waals surface area contributed by atoms with E-state index in [0.29, 0.717) is 42.1 Å². The minimum absolute atomic E-state index is 0.209. The normalized spacial score (nSPS) is 21.6. The number of carbonyl (C=O) groups excluding carboxylic acids is 3. The van der Waals surface area contributed by atoms with Crippen LogP contribution in [0.4, 0.5) is 16.2 Å². The van der Waals surface area contributed by atoms with Gasteiger partial charge in [0.25, 0.3) is 0 Å². The molecule has 0 aliphatic carbocycles. The highest BCUT2D eigenvalue weighted by molar-refractivity contribution is 6.08. The van der Waals surface area contributed by atoms with Crippen molar-refractivity contribution in [2.75, 3.05) is 24.4 Å². The van der Waals surface area contributed by atoms with E-state index in [1.807, 2.05) is 12.2 Å². The lowest BCUT2D eigenvalue weighted by Crippen LogP contribution is -2.25. The molecule has 0 aromatic heterocycles. The van der Waals surface area contributed by atoms with Crippen molar-refractivity contribution in [1.29, 1.82) is 0 Å². The average molecular weight is 411 g/mol. The Morgan fingerprint density at radius 1 is 1.33 bits per heavy atom. The second-order valence-electron chi connectivity index (χ2n) is 7.02. The van der Waals surface area contributed by atoms with Gasteiger partial charge in [-0.2, -0.15) is 0 Å². The molecular weight excluding hydrogens is 386 g/mol. The summed E-state index contributed by atoms with van der Waals surface area (Å²) in [5, 5.41) is 5.50. The number of methoxy groups -OCH3 is 1. The van der Waals surface area contributed by atoms with Crippen molar-refractivity contribution in [3.05, 3.63) is 42.0 Å². The van der Waals surface area contributed by atoms with Gasteiger partial charge in [0.05, 0.1) is 36.9 Å². The van der Waals surface area contributed by atoms with E-state index in [1.165, 1.54) is 7.11 Å². The summed E-state index contributed by atoms with van der Waals surface area (Å²) in [5.74, 6) is -1.43. The zero-order valence-electron chi connectivity index (χ0n) is 17.2. The number of hydrogen-bond acceptors (Lipinski definition) is 6. The number of allylic oxidation sites excluding steroid dienone is 2. The first-order valence-corrected chi connectivity index (χ1v) is 9.84. The molecule has 8 heteroatoms. The minimum Gasteiger partial charge on any atom is -0.465 e. The summed E-state index contributed by atoms with van der Waals surface area (Å²) in [6.45, 7) is 3.84. The molecule has 2 aliphatic heterocycles. The predicted molar refractivity (Wildman–Crippen MR) is 114 cm³/mol. The Morgan fingerprint density at radius 3 is 2.87 bits per heavy atom. The van der Waals surface area contributed by atoms with Crippen molar-refractivity contribution >= 4 is 40.8 Å². The molecule has 2 aliphatic rings. The van der Waals surface area contributed by atoms with Gasteiger partial charge in [0.1, 0.15) is 0 Å². The van der Waals surface area contributed by atoms with Crippen LogP contribution in [0, 0.1) is 11.8 Å². The van der Waals surface area contributed by atoms with Gasteiger partial charge < -0.3 is 14.8 Å². The van der Waals surface area contributed by atoms with E-state index in [1.54, 1.807) is 38.1 Å². The van der Waals surface area contributed by atoms with Gasteiger partial charge in [-0.3, -0.25) is 19.9 Å². The van der Waals surface area contributed by atoms with Crippen LogP contribution < -0.4 is 10.6 Å². The minimum atomic E-state index is -0.608. The van der Waals surface area contributed by atoms with Crippen molar-refractivity contribution in [3.8, 4) is 0 Å². The second-order valence-corrected chi connectivity index (χ2v) is 7.02. The van der Waals surface area contributed by atoms with Crippen molar-refractivity contribution in [2.24, 2.45) is 16.8 Å². The number of benzene rings is 1. The maximum Gasteiger partial charge on any atom is 0.411 e. The van der Waals surface area contributed by atoms with Crippen LogP contribution in [0.2, 0.25) is 0 Å². The van der Waals surface area contributed by atoms with E-state index in [-0.39, 0.29) is 11.9 Å². The van der Waals surface area contributed by atoms with Crippen molar-refractivity contribution in [2.45, 2.75) is 26.7 Å². The van der Waals surface area contributed by atoms with Gasteiger partial charge in [-0.1, -0.05) is 25.2 Å². The predicted octanol–water partition coefficient (Wildman–Crippen LogP) is 3.76. The van der Waals surface area contributed by atoms with E-state index in [9.17, 15) is 14.4 Å². The number of fused-ring (bicyclic) bond motifs is 3. The van der Waals surface area contributed by atoms with E-state index in [0.717, 1.165) is 5.71 Å². The molecule has 158 valence electrons. The lowest BCUT2D eigenvalue weighted by Gasteiger charge is -2.17. The SMILES string of the molecule is CCOC(=O)C1C/C=C/[C@@H](C)C(=O)Nc2cc(NC(=O)OC)ccc2C2=CCC1=N2. The van der Waals surface area contributed by atoms with Crippen LogP contribution in [0.15, 0.2) is 41.4 Å². The Labute approximate surface area is 175 Å². The number of anilines is 2. The lowest BCUT2D eigenvalue weighted by atomic mass is 9.96. The third-order valence-corrected chi connectivity index (χ3v) is 4.94. The van der Waals surface area contributed by atoms with E-state index < -0.39 is 17.9 Å². The molecule has 30 heavy (non-hydrogen) atoms. The fourth-order valence-corrected chi connectivity index (χ4v) is 3.32. The van der Waals surface area contributed by atoms with Gasteiger partial charge in [0.15, 0.2) is 0 Å². The number of ether oxygens (including phenoxy) is 2. The number of amides is 2. The van der Waals surface area contributed by atoms with Crippen LogP contribution >= 0.6 is 0 Å². The molecule has 1 unspecified atom stereocenters. The Balaban J connectivity index is 2.02. The van der Waals surface area contributed by atoms with Gasteiger partial charge in [0.2, 0.25) is 5.91 Å². The molecule has 3 rings (SSSR count). The molecule has 0 spiro atoms. The van der Waals surface area contributed by atoms with Gasteiger partial charge in [-0.15, -0.1) is 0 Å². The Hall–Kier alpha value is -3.42. The molecular formula is C22H25N3O5. The summed E-state index contributed by atoms with van der Waals surface area (Å²) in [7, 11) is 1.28. The van der Waals surface area contributed by atoms with Crippen LogP contribution in [0.5, 0.6) is 0 Å². The van der Waals surface area contributed by atoms with Crippen LogP contribution in [0.1, 0.15) is 32.3 Å². The van der Waals surface area contributed by atoms with Crippen LogP contribution in [-0.2, 0) is 19.1 Å². The maximum absolute atomic E-state index is 12.7. The third-order valence-electron chi connectivity index (χ3n) is 4.94. The van der Waals surface area contributed by atoms with Crippen molar-refractivity contribution < 1.29 is 23.9 Å². The zero-order chi connectivity index (χ0) is 21.7. The Kier molecular flexibility index (Phi) is 6.66. The summed E-state index contributed by atoms with van der Waals surface area (Å²) >= 11 is 0. The van der Waals surface area contributed by atoms with Crippen molar-refractivity contribution in [3.63, 3.8) is 0 Å². The summed E-state index contributed by atoms with van der Waals surface area (Å²) in [4.78, 5) is 41.4. The quantitative estimate of drug-likeness (QED) is 0.582. The molecule has 0 fully saturated rings. The number of carbonyl (C=O) groups is 3. The fourth-order valence-electron chi connectivity index (χ4n) is 3.32. The number of hydrogen-bond donors (Lipinski definition) is 2. The molecule has 2 amide bonds. The molecule has 0 saturated carbocycles. The van der Waals surface area contributed by atoms with E-state index in [4.69, 9.17) is 4.74 Å². The highest BCUT2D eigenvalue weighted by Crippen LogP contribution is 2.34. The standard InChI is InChI=1S/C22H25N3O5/c1-4-30-21(27)16-7-5-6-13(2)20(26)25-19-12-14(23-22(28)29-3)8-9-15(19)17-10-11-18(16)24-17/h5-6,8-10,12-13,16H,4,7,11H2,1-3H3,(H,23,28)(H,25,26)/b6-5+/t13-,16?/m1/s1. The summed E-state index contributed by atoms with van der Waals surface area (Å²) in [5.41, 5.74) is 3.09. The highest BCUT2D eigenvalue weighted by atomic mass is 16.5. The topological polar surface area (TPSA) is 106 Å². The largest absolute Gasteiger partial charge is 0.465 e. The summed E-state index contributed by atoms with van der Waals surface area (Å²) in [6, 6.07) is 5.13. The summed E-state index contributed by atoms with van der Waals surface area (Å²) < 4.78 is 9.86. The zero-order valence-corrected chi connectivity index (χ0v) is 17.2. The molecule has 1 aromatic carbocycles. The third kappa shape index (κ3) is 4.76. The van der Waals surface area contributed by atoms with Gasteiger partial charge >= 0.3 is 12.1 Å². The van der Waals surface area contributed by atoms with Gasteiger partial charge in [-0.25, -0.2) is 4.79 Å². The van der Waals surface area contributed by atoms with Gasteiger partial charge in [-0.05, 0) is 31.5 Å². The fraction of sp³-hybridized carbons (Fsp3) is 0.364. The van der Waals surface area contributed by atoms with Crippen LogP contribution in [0.25, 0.3) is 5.70 Å². The summed E-state index contributed by atoms with van der Waals surface area (Å²) in [6.07, 6.45) is 5.85. The first kappa shape index (κ1) is 21.3. The number of aliphatic imine (C=N–C) groups is 1. The molecule has 1 aromatic rings. The van der Waals surface area contributed by atoms with Crippen molar-refractivity contribution in [1.82, 2.24) is 0 Å². The molecule has 2 N–H and O–H groups in total. The van der Waals surface area contributed by atoms with Crippen LogP contribution in [0.3, 0.4) is 0 Å². The molecule has 2 atom stereocenters. The average Bonchev–Trinajstić information content (AvgIpc) is 3.20. The first-order chi connectivity index (χ1) is 14.4. The lowest BCUT2D eigenvalue weighted by molar-refractivity contribution is -0.145. The highest BCUT2D eigenvalue weighted by Gasteiger charge is 2.28. The number of nitrogens with one attached hydrogen (secondary N) is 2. The second kappa shape index (κ2) is 9.39. The number of nitrogens with zero attached hydrogens (tertiary/aromatic N) is 1. The maximum atomic E-state index is 12.7. The Morgan fingerprint density at radius 2 is 2.13 bits per heavy atom. The monoisotopic (exact) mass is 411 g/mol. The van der Waals surface area contributed by atoms with E-state index >= 15 is 0 Å². The van der Waals surface area contributed by atoms with E-state index in [2.05, 4.69) is 20.4 Å². The first-order valence-electron chi connectivity index (χ1n) is 9.84. The Bertz CT molecular complexity index is 948. The molecule has 8 nitrogen and oxygen atoms in total. The van der Waals surface area contributed by atoms with Crippen LogP contribution in [-0.4, -0.2) is 37.4 Å². The number of esters is 1. The molecule has 0 radical (unpaired) electrons. The molecule has 2 bridgehead atoms. The molecule has 0 saturated heterocycles. The van der Waals surface area contributed by atoms with Gasteiger partial charge in [0, 0.05) is 23.4 Å². The number of rotatable bonds is 3.